The third-order valence-corrected chi connectivity index (χ3v) is 4.78. The van der Waals surface area contributed by atoms with Crippen LogP contribution in [0.25, 0.3) is 5.65 Å². The van der Waals surface area contributed by atoms with E-state index >= 15 is 0 Å². The van der Waals surface area contributed by atoms with Gasteiger partial charge in [0, 0.05) is 23.7 Å². The molecule has 0 aliphatic carbocycles. The lowest BCUT2D eigenvalue weighted by Crippen LogP contribution is -2.19. The van der Waals surface area contributed by atoms with Crippen molar-refractivity contribution in [2.24, 2.45) is 0 Å². The normalized spacial score (nSPS) is 10.9. The molecule has 0 bridgehead atoms. The number of hydrogen-bond donors (Lipinski definition) is 1. The van der Waals surface area contributed by atoms with Crippen LogP contribution < -0.4 is 11.2 Å². The Bertz CT molecular complexity index is 1120. The van der Waals surface area contributed by atoms with Crippen LogP contribution in [0.3, 0.4) is 0 Å². The summed E-state index contributed by atoms with van der Waals surface area (Å²) < 4.78 is 6.23. The van der Waals surface area contributed by atoms with Crippen LogP contribution in [-0.2, 0) is 10.5 Å². The Hall–Kier alpha value is -2.94. The summed E-state index contributed by atoms with van der Waals surface area (Å²) in [6, 6.07) is 5.08. The van der Waals surface area contributed by atoms with E-state index in [0.717, 1.165) is 17.3 Å². The van der Waals surface area contributed by atoms with Gasteiger partial charge in [-0.25, -0.2) is 14.6 Å². The molecule has 0 aliphatic rings. The van der Waals surface area contributed by atoms with Gasteiger partial charge < -0.3 is 9.72 Å². The molecule has 3 aromatic heterocycles. The van der Waals surface area contributed by atoms with E-state index in [-0.39, 0.29) is 21.9 Å². The third kappa shape index (κ3) is 3.38. The lowest BCUT2D eigenvalue weighted by molar-refractivity contribution is 0.0594. The first kappa shape index (κ1) is 17.9. The Morgan fingerprint density at radius 3 is 2.81 bits per heavy atom. The van der Waals surface area contributed by atoms with Gasteiger partial charge in [0.25, 0.3) is 5.56 Å². The highest BCUT2D eigenvalue weighted by Crippen LogP contribution is 2.24. The van der Waals surface area contributed by atoms with E-state index < -0.39 is 11.7 Å². The predicted octanol–water partition coefficient (Wildman–Crippen LogP) is 1.47. The first-order valence-electron chi connectivity index (χ1n) is 7.70. The fourth-order valence-electron chi connectivity index (χ4n) is 2.53. The average molecular weight is 372 g/mol. The second kappa shape index (κ2) is 7.12. The summed E-state index contributed by atoms with van der Waals surface area (Å²) in [6.45, 7) is 3.47. The minimum Gasteiger partial charge on any atom is -0.465 e. The van der Waals surface area contributed by atoms with Gasteiger partial charge in [-0.3, -0.25) is 9.20 Å². The lowest BCUT2D eigenvalue weighted by Gasteiger charge is -2.09. The van der Waals surface area contributed by atoms with Gasteiger partial charge in [0.1, 0.15) is 16.2 Å². The number of aromatic amines is 1. The minimum absolute atomic E-state index is 0.197. The Morgan fingerprint density at radius 2 is 2.08 bits per heavy atom. The topological polar surface area (TPSA) is 106 Å². The van der Waals surface area contributed by atoms with E-state index in [1.165, 1.54) is 17.6 Å². The third-order valence-electron chi connectivity index (χ3n) is 3.77. The summed E-state index contributed by atoms with van der Waals surface area (Å²) in [4.78, 5) is 46.8. The molecular weight excluding hydrogens is 356 g/mol. The highest BCUT2D eigenvalue weighted by molar-refractivity contribution is 7.98. The van der Waals surface area contributed by atoms with E-state index in [0.29, 0.717) is 17.0 Å². The monoisotopic (exact) mass is 372 g/mol. The van der Waals surface area contributed by atoms with Gasteiger partial charge in [0.15, 0.2) is 0 Å². The summed E-state index contributed by atoms with van der Waals surface area (Å²) in [5.74, 6) is -0.309. The van der Waals surface area contributed by atoms with Gasteiger partial charge in [0.2, 0.25) is 0 Å². The van der Waals surface area contributed by atoms with Crippen LogP contribution in [0.1, 0.15) is 27.3 Å². The number of hydrogen-bond acceptors (Lipinski definition) is 7. The molecule has 26 heavy (non-hydrogen) atoms. The number of fused-ring (bicyclic) bond motifs is 1. The zero-order chi connectivity index (χ0) is 18.8. The summed E-state index contributed by atoms with van der Waals surface area (Å²) in [5.41, 5.74) is 1.80. The Balaban J connectivity index is 1.99. The lowest BCUT2D eigenvalue weighted by atomic mass is 10.2. The average Bonchev–Trinajstić information content (AvgIpc) is 2.60. The van der Waals surface area contributed by atoms with Gasteiger partial charge in [-0.2, -0.15) is 4.98 Å². The molecule has 0 atom stereocenters. The Morgan fingerprint density at radius 1 is 1.31 bits per heavy atom. The van der Waals surface area contributed by atoms with E-state index in [9.17, 15) is 14.4 Å². The molecule has 0 spiro atoms. The molecule has 0 saturated heterocycles. The number of aromatic nitrogens is 4. The Labute approximate surface area is 152 Å². The number of H-pyrrole nitrogens is 1. The number of esters is 1. The molecule has 3 heterocycles. The molecule has 0 aromatic carbocycles. The number of pyridine rings is 1. The maximum absolute atomic E-state index is 12.3. The largest absolute Gasteiger partial charge is 0.465 e. The van der Waals surface area contributed by atoms with Crippen LogP contribution in [0.15, 0.2) is 39.0 Å². The maximum atomic E-state index is 12.3. The van der Waals surface area contributed by atoms with Crippen molar-refractivity contribution in [1.29, 1.82) is 0 Å². The molecule has 0 aliphatic heterocycles. The number of rotatable bonds is 4. The van der Waals surface area contributed by atoms with E-state index in [1.54, 1.807) is 19.2 Å². The van der Waals surface area contributed by atoms with E-state index in [4.69, 9.17) is 4.74 Å². The van der Waals surface area contributed by atoms with Crippen LogP contribution in [0, 0.1) is 13.8 Å². The van der Waals surface area contributed by atoms with Gasteiger partial charge in [0.05, 0.1) is 12.8 Å². The second-order valence-electron chi connectivity index (χ2n) is 5.60. The van der Waals surface area contributed by atoms with E-state index in [1.807, 2.05) is 13.0 Å². The predicted molar refractivity (Wildman–Crippen MR) is 96.7 cm³/mol. The number of nitrogens with one attached hydrogen (secondary N) is 1. The zero-order valence-corrected chi connectivity index (χ0v) is 15.2. The van der Waals surface area contributed by atoms with Gasteiger partial charge >= 0.3 is 11.7 Å². The molecule has 0 amide bonds. The number of carbonyl (C=O) groups is 1. The summed E-state index contributed by atoms with van der Waals surface area (Å²) in [7, 11) is 1.26. The fourth-order valence-corrected chi connectivity index (χ4v) is 3.49. The minimum atomic E-state index is -0.587. The van der Waals surface area contributed by atoms with Crippen molar-refractivity contribution in [1.82, 2.24) is 19.4 Å². The number of methoxy groups -OCH3 is 1. The van der Waals surface area contributed by atoms with Crippen molar-refractivity contribution in [3.63, 3.8) is 0 Å². The summed E-state index contributed by atoms with van der Waals surface area (Å²) in [5, 5.41) is 0.241. The van der Waals surface area contributed by atoms with Crippen LogP contribution in [0.2, 0.25) is 0 Å². The standard InChI is InChI=1S/C17H16N4O4S/c1-9-5-4-6-21-12(22)7-11(19-14(9)21)8-26-15-13(16(23)25-3)10(2)18-17(24)20-15/h4-7H,8H2,1-3H3,(H,18,20,24). The quantitative estimate of drug-likeness (QED) is 0.420. The zero-order valence-electron chi connectivity index (χ0n) is 14.4. The number of ether oxygens (including phenoxy) is 1. The SMILES string of the molecule is COC(=O)c1c(SCc2cc(=O)n3cccc(C)c3n2)nc(=O)[nH]c1C. The van der Waals surface area contributed by atoms with Crippen molar-refractivity contribution in [3.8, 4) is 0 Å². The van der Waals surface area contributed by atoms with Crippen LogP contribution >= 0.6 is 11.8 Å². The molecule has 0 unspecified atom stereocenters. The van der Waals surface area contributed by atoms with Gasteiger partial charge in [-0.15, -0.1) is 0 Å². The molecule has 3 rings (SSSR count). The van der Waals surface area contributed by atoms with E-state index in [2.05, 4.69) is 15.0 Å². The number of thioether (sulfide) groups is 1. The molecule has 0 fully saturated rings. The molecule has 1 N–H and O–H groups in total. The van der Waals surface area contributed by atoms with Crippen LogP contribution in [0.5, 0.6) is 0 Å². The van der Waals surface area contributed by atoms with Crippen LogP contribution in [0.4, 0.5) is 0 Å². The second-order valence-corrected chi connectivity index (χ2v) is 6.56. The Kier molecular flexibility index (Phi) is 4.90. The van der Waals surface area contributed by atoms with Gasteiger partial charge in [-0.05, 0) is 25.5 Å². The molecule has 8 nitrogen and oxygen atoms in total. The van der Waals surface area contributed by atoms with Crippen molar-refractivity contribution < 1.29 is 9.53 Å². The summed E-state index contributed by atoms with van der Waals surface area (Å²) >= 11 is 1.15. The van der Waals surface area contributed by atoms with Crippen molar-refractivity contribution in [2.75, 3.05) is 7.11 Å². The number of nitrogens with zero attached hydrogens (tertiary/aromatic N) is 3. The van der Waals surface area contributed by atoms with Crippen LogP contribution in [-0.4, -0.2) is 32.4 Å². The molecule has 0 saturated carbocycles. The first-order valence-corrected chi connectivity index (χ1v) is 8.69. The molecule has 0 radical (unpaired) electrons. The van der Waals surface area contributed by atoms with Crippen molar-refractivity contribution >= 4 is 23.4 Å². The van der Waals surface area contributed by atoms with Crippen molar-refractivity contribution in [3.05, 3.63) is 67.7 Å². The fraction of sp³-hybridized carbons (Fsp3) is 0.235. The highest BCUT2D eigenvalue weighted by atomic mass is 32.2. The molecule has 9 heteroatoms. The smallest absolute Gasteiger partial charge is 0.346 e. The van der Waals surface area contributed by atoms with Gasteiger partial charge in [-0.1, -0.05) is 17.8 Å². The number of carbonyl (C=O) groups excluding carboxylic acids is 1. The first-order chi connectivity index (χ1) is 12.4. The highest BCUT2D eigenvalue weighted by Gasteiger charge is 2.19. The molecule has 3 aromatic rings. The molecule has 134 valence electrons. The maximum Gasteiger partial charge on any atom is 0.346 e. The number of aryl methyl sites for hydroxylation is 2. The van der Waals surface area contributed by atoms with Crippen molar-refractivity contribution in [2.45, 2.75) is 24.6 Å². The molecular formula is C17H16N4O4S. The summed E-state index contributed by atoms with van der Waals surface area (Å²) in [6.07, 6.45) is 1.66.